The van der Waals surface area contributed by atoms with E-state index in [0.29, 0.717) is 11.5 Å². The second kappa shape index (κ2) is 8.83. The van der Waals surface area contributed by atoms with E-state index in [1.54, 1.807) is 11.8 Å². The summed E-state index contributed by atoms with van der Waals surface area (Å²) in [6.45, 7) is 0. The second-order valence-corrected chi connectivity index (χ2v) is 8.03. The van der Waals surface area contributed by atoms with E-state index in [9.17, 15) is 13.2 Å². The van der Waals surface area contributed by atoms with Crippen LogP contribution in [0.25, 0.3) is 11.4 Å². The summed E-state index contributed by atoms with van der Waals surface area (Å²) in [4.78, 5) is 6.35. The topological polar surface area (TPSA) is 91.7 Å². The van der Waals surface area contributed by atoms with Crippen molar-refractivity contribution in [3.05, 3.63) is 72.3 Å². The van der Waals surface area contributed by atoms with Crippen LogP contribution in [-0.2, 0) is 6.18 Å². The normalized spacial score (nSPS) is 11.4. The predicted octanol–water partition coefficient (Wildman–Crippen LogP) is 6.01. The van der Waals surface area contributed by atoms with Gasteiger partial charge in [0.2, 0.25) is 5.95 Å². The highest BCUT2D eigenvalue weighted by Crippen LogP contribution is 2.33. The molecule has 0 unspecified atom stereocenters. The summed E-state index contributed by atoms with van der Waals surface area (Å²) in [5.41, 5.74) is 7.86. The lowest BCUT2D eigenvalue weighted by Gasteiger charge is -2.08. The van der Waals surface area contributed by atoms with E-state index < -0.39 is 11.7 Å². The number of hydrogen-bond acceptors (Lipinski definition) is 6. The molecule has 4 rings (SSSR count). The SMILES string of the molecule is CNc1cc(N)cc(Sc2ccc(-c3nc(Nc4cccc(C(F)(F)F)c4)n[nH]3)cc2)c1. The predicted molar refractivity (Wildman–Crippen MR) is 121 cm³/mol. The van der Waals surface area contributed by atoms with Crippen LogP contribution in [0.1, 0.15) is 5.56 Å². The molecule has 0 aliphatic carbocycles. The largest absolute Gasteiger partial charge is 0.416 e. The summed E-state index contributed by atoms with van der Waals surface area (Å²) in [7, 11) is 1.84. The molecule has 0 amide bonds. The lowest BCUT2D eigenvalue weighted by Crippen LogP contribution is -2.05. The van der Waals surface area contributed by atoms with Gasteiger partial charge in [0.15, 0.2) is 5.82 Å². The average molecular weight is 456 g/mol. The minimum absolute atomic E-state index is 0.178. The number of halogens is 3. The van der Waals surface area contributed by atoms with E-state index in [1.807, 2.05) is 49.5 Å². The van der Waals surface area contributed by atoms with Crippen LogP contribution in [0, 0.1) is 0 Å². The van der Waals surface area contributed by atoms with Gasteiger partial charge in [-0.2, -0.15) is 18.2 Å². The Hall–Kier alpha value is -3.66. The number of hydrogen-bond donors (Lipinski definition) is 4. The van der Waals surface area contributed by atoms with Crippen molar-refractivity contribution in [1.29, 1.82) is 0 Å². The van der Waals surface area contributed by atoms with Gasteiger partial charge < -0.3 is 16.4 Å². The van der Waals surface area contributed by atoms with Gasteiger partial charge in [0.05, 0.1) is 5.56 Å². The molecule has 6 nitrogen and oxygen atoms in total. The van der Waals surface area contributed by atoms with Crippen LogP contribution in [0.4, 0.5) is 36.2 Å². The molecule has 0 atom stereocenters. The molecule has 0 saturated carbocycles. The summed E-state index contributed by atoms with van der Waals surface area (Å²) in [5.74, 6) is 0.676. The summed E-state index contributed by atoms with van der Waals surface area (Å²) >= 11 is 1.57. The molecule has 3 aromatic carbocycles. The lowest BCUT2D eigenvalue weighted by molar-refractivity contribution is -0.137. The molecular weight excluding hydrogens is 437 g/mol. The number of anilines is 4. The number of nitrogens with two attached hydrogens (primary N) is 1. The number of nitrogen functional groups attached to an aromatic ring is 1. The van der Waals surface area contributed by atoms with Gasteiger partial charge in [-0.15, -0.1) is 5.10 Å². The van der Waals surface area contributed by atoms with Crippen molar-refractivity contribution in [1.82, 2.24) is 15.2 Å². The quantitative estimate of drug-likeness (QED) is 0.266. The van der Waals surface area contributed by atoms with Crippen LogP contribution in [0.3, 0.4) is 0 Å². The van der Waals surface area contributed by atoms with Crippen molar-refractivity contribution in [3.8, 4) is 11.4 Å². The van der Waals surface area contributed by atoms with Crippen molar-refractivity contribution in [2.45, 2.75) is 16.0 Å². The van der Waals surface area contributed by atoms with E-state index in [1.165, 1.54) is 12.1 Å². The number of alkyl halides is 3. The highest BCUT2D eigenvalue weighted by molar-refractivity contribution is 7.99. The first-order valence-corrected chi connectivity index (χ1v) is 10.3. The van der Waals surface area contributed by atoms with Crippen molar-refractivity contribution >= 4 is 34.8 Å². The number of nitrogens with zero attached hydrogens (tertiary/aromatic N) is 2. The highest BCUT2D eigenvalue weighted by atomic mass is 32.2. The number of benzene rings is 3. The first-order chi connectivity index (χ1) is 15.3. The van der Waals surface area contributed by atoms with Gasteiger partial charge in [0.25, 0.3) is 0 Å². The standard InChI is InChI=1S/C22H19F3N6S/c1-27-17-10-15(26)11-19(12-17)32-18-7-5-13(6-8-18)20-29-21(31-30-20)28-16-4-2-3-14(9-16)22(23,24)25/h2-12,27H,26H2,1H3,(H2,28,29,30,31). The highest BCUT2D eigenvalue weighted by Gasteiger charge is 2.30. The Kier molecular flexibility index (Phi) is 5.95. The molecule has 0 radical (unpaired) electrons. The van der Waals surface area contributed by atoms with Crippen LogP contribution in [0.5, 0.6) is 0 Å². The second-order valence-electron chi connectivity index (χ2n) is 6.88. The minimum atomic E-state index is -4.41. The molecule has 0 saturated heterocycles. The summed E-state index contributed by atoms with van der Waals surface area (Å²) in [6.07, 6.45) is -4.41. The van der Waals surface area contributed by atoms with Crippen LogP contribution >= 0.6 is 11.8 Å². The Balaban J connectivity index is 1.46. The Labute approximate surface area is 186 Å². The van der Waals surface area contributed by atoms with Crippen molar-refractivity contribution < 1.29 is 13.2 Å². The first-order valence-electron chi connectivity index (χ1n) is 9.53. The van der Waals surface area contributed by atoms with Gasteiger partial charge in [0.1, 0.15) is 0 Å². The number of rotatable bonds is 6. The third-order valence-electron chi connectivity index (χ3n) is 4.51. The third kappa shape index (κ3) is 5.14. The number of nitrogens with one attached hydrogen (secondary N) is 3. The monoisotopic (exact) mass is 456 g/mol. The number of aromatic amines is 1. The van der Waals surface area contributed by atoms with E-state index in [4.69, 9.17) is 5.73 Å². The molecule has 164 valence electrons. The molecule has 10 heteroatoms. The zero-order chi connectivity index (χ0) is 22.7. The fourth-order valence-electron chi connectivity index (χ4n) is 2.99. The maximum Gasteiger partial charge on any atom is 0.416 e. The number of aromatic nitrogens is 3. The van der Waals surface area contributed by atoms with Gasteiger partial charge in [-0.25, -0.2) is 0 Å². The summed E-state index contributed by atoms with van der Waals surface area (Å²) in [5, 5.41) is 12.7. The molecule has 0 fully saturated rings. The summed E-state index contributed by atoms with van der Waals surface area (Å²) in [6, 6.07) is 18.3. The van der Waals surface area contributed by atoms with Gasteiger partial charge in [-0.3, -0.25) is 5.10 Å². The van der Waals surface area contributed by atoms with Gasteiger partial charge in [-0.1, -0.05) is 30.0 Å². The summed E-state index contributed by atoms with van der Waals surface area (Å²) < 4.78 is 38.7. The zero-order valence-corrected chi connectivity index (χ0v) is 17.7. The molecule has 32 heavy (non-hydrogen) atoms. The van der Waals surface area contributed by atoms with Crippen molar-refractivity contribution in [3.63, 3.8) is 0 Å². The first kappa shape index (κ1) is 21.6. The van der Waals surface area contributed by atoms with Gasteiger partial charge >= 0.3 is 6.18 Å². The van der Waals surface area contributed by atoms with E-state index >= 15 is 0 Å². The maximum absolute atomic E-state index is 12.9. The minimum Gasteiger partial charge on any atom is -0.399 e. The molecular formula is C22H19F3N6S. The fraction of sp³-hybridized carbons (Fsp3) is 0.0909. The average Bonchev–Trinajstić information content (AvgIpc) is 3.22. The van der Waals surface area contributed by atoms with Crippen LogP contribution in [0.2, 0.25) is 0 Å². The van der Waals surface area contributed by atoms with Gasteiger partial charge in [0, 0.05) is 39.5 Å². The maximum atomic E-state index is 12.9. The van der Waals surface area contributed by atoms with Crippen LogP contribution < -0.4 is 16.4 Å². The smallest absolute Gasteiger partial charge is 0.399 e. The molecule has 4 aromatic rings. The Morgan fingerprint density at radius 2 is 1.72 bits per heavy atom. The Morgan fingerprint density at radius 3 is 2.44 bits per heavy atom. The molecule has 0 aliphatic heterocycles. The molecule has 5 N–H and O–H groups in total. The van der Waals surface area contributed by atoms with Crippen molar-refractivity contribution in [2.75, 3.05) is 23.4 Å². The number of H-pyrrole nitrogens is 1. The molecule has 0 aliphatic rings. The van der Waals surface area contributed by atoms with E-state index in [0.717, 1.165) is 33.2 Å². The third-order valence-corrected chi connectivity index (χ3v) is 5.49. The van der Waals surface area contributed by atoms with E-state index in [-0.39, 0.29) is 11.6 Å². The van der Waals surface area contributed by atoms with Crippen LogP contribution in [-0.4, -0.2) is 22.2 Å². The zero-order valence-electron chi connectivity index (χ0n) is 16.9. The molecule has 1 heterocycles. The van der Waals surface area contributed by atoms with Crippen molar-refractivity contribution in [2.24, 2.45) is 0 Å². The fourth-order valence-corrected chi connectivity index (χ4v) is 3.92. The Morgan fingerprint density at radius 1 is 0.938 bits per heavy atom. The molecule has 0 bridgehead atoms. The molecule has 1 aromatic heterocycles. The van der Waals surface area contributed by atoms with Crippen LogP contribution in [0.15, 0.2) is 76.5 Å². The lowest BCUT2D eigenvalue weighted by atomic mass is 10.2. The Bertz CT molecular complexity index is 1220. The van der Waals surface area contributed by atoms with Gasteiger partial charge in [-0.05, 0) is 48.5 Å². The molecule has 0 spiro atoms. The van der Waals surface area contributed by atoms with E-state index in [2.05, 4.69) is 25.8 Å².